The molecule has 5 heteroatoms. The fourth-order valence-electron chi connectivity index (χ4n) is 2.13. The van der Waals surface area contributed by atoms with Gasteiger partial charge in [-0.3, -0.25) is 4.99 Å². The van der Waals surface area contributed by atoms with Gasteiger partial charge in [0.1, 0.15) is 11.5 Å². The molecule has 142 valence electrons. The molecule has 0 saturated heterocycles. The minimum Gasteiger partial charge on any atom is -0.494 e. The summed E-state index contributed by atoms with van der Waals surface area (Å²) in [6.45, 7) is 6.93. The smallest absolute Gasteiger partial charge is 0.330 e. The SMILES string of the molecule is C=CC(=O)OCCCOc1ccc(C=Nc2ccc(OCCC)cc2)cc1. The zero-order valence-electron chi connectivity index (χ0n) is 15.6. The topological polar surface area (TPSA) is 57.1 Å². The molecule has 2 rings (SSSR count). The van der Waals surface area contributed by atoms with Crippen LogP contribution in [0, 0.1) is 0 Å². The second-order valence-corrected chi connectivity index (χ2v) is 5.74. The van der Waals surface area contributed by atoms with Gasteiger partial charge < -0.3 is 14.2 Å². The minimum absolute atomic E-state index is 0.317. The highest BCUT2D eigenvalue weighted by molar-refractivity contribution is 5.82. The Morgan fingerprint density at radius 3 is 2.22 bits per heavy atom. The van der Waals surface area contributed by atoms with E-state index >= 15 is 0 Å². The summed E-state index contributed by atoms with van der Waals surface area (Å²) >= 11 is 0. The first-order valence-electron chi connectivity index (χ1n) is 9.00. The van der Waals surface area contributed by atoms with E-state index in [1.807, 2.05) is 48.5 Å². The van der Waals surface area contributed by atoms with E-state index in [-0.39, 0.29) is 0 Å². The van der Waals surface area contributed by atoms with Crippen molar-refractivity contribution in [1.29, 1.82) is 0 Å². The summed E-state index contributed by atoms with van der Waals surface area (Å²) in [5, 5.41) is 0. The van der Waals surface area contributed by atoms with Crippen LogP contribution in [-0.4, -0.2) is 32.0 Å². The van der Waals surface area contributed by atoms with Gasteiger partial charge in [-0.1, -0.05) is 13.5 Å². The number of ether oxygens (including phenoxy) is 3. The Kier molecular flexibility index (Phi) is 8.63. The number of esters is 1. The van der Waals surface area contributed by atoms with Gasteiger partial charge in [0.25, 0.3) is 0 Å². The fourth-order valence-corrected chi connectivity index (χ4v) is 2.13. The number of rotatable bonds is 11. The first kappa shape index (κ1) is 20.2. The van der Waals surface area contributed by atoms with Gasteiger partial charge >= 0.3 is 5.97 Å². The van der Waals surface area contributed by atoms with Crippen LogP contribution in [0.5, 0.6) is 11.5 Å². The van der Waals surface area contributed by atoms with Crippen LogP contribution in [0.1, 0.15) is 25.3 Å². The molecule has 0 aliphatic rings. The second-order valence-electron chi connectivity index (χ2n) is 5.74. The van der Waals surface area contributed by atoms with Crippen LogP contribution in [0.3, 0.4) is 0 Å². The molecular formula is C22H25NO4. The van der Waals surface area contributed by atoms with Gasteiger partial charge in [-0.05, 0) is 60.5 Å². The summed E-state index contributed by atoms with van der Waals surface area (Å²) in [5.74, 6) is 1.21. The molecule has 0 fully saturated rings. The number of carbonyl (C=O) groups is 1. The number of benzene rings is 2. The predicted octanol–water partition coefficient (Wildman–Crippen LogP) is 4.72. The maximum atomic E-state index is 10.9. The first-order valence-corrected chi connectivity index (χ1v) is 9.00. The van der Waals surface area contributed by atoms with Crippen molar-refractivity contribution in [2.45, 2.75) is 19.8 Å². The Morgan fingerprint density at radius 1 is 0.963 bits per heavy atom. The van der Waals surface area contributed by atoms with E-state index in [1.165, 1.54) is 0 Å². The molecule has 0 atom stereocenters. The maximum absolute atomic E-state index is 10.9. The summed E-state index contributed by atoms with van der Waals surface area (Å²) in [6.07, 6.45) is 4.57. The fraction of sp³-hybridized carbons (Fsp3) is 0.273. The monoisotopic (exact) mass is 367 g/mol. The minimum atomic E-state index is -0.415. The van der Waals surface area contributed by atoms with E-state index < -0.39 is 5.97 Å². The van der Waals surface area contributed by atoms with Crippen molar-refractivity contribution in [2.75, 3.05) is 19.8 Å². The van der Waals surface area contributed by atoms with Crippen molar-refractivity contribution in [3.8, 4) is 11.5 Å². The van der Waals surface area contributed by atoms with Crippen molar-refractivity contribution in [3.63, 3.8) is 0 Å². The average molecular weight is 367 g/mol. The molecule has 0 aliphatic carbocycles. The van der Waals surface area contributed by atoms with E-state index in [2.05, 4.69) is 18.5 Å². The van der Waals surface area contributed by atoms with Crippen LogP contribution in [0.25, 0.3) is 0 Å². The number of hydrogen-bond acceptors (Lipinski definition) is 5. The van der Waals surface area contributed by atoms with Gasteiger partial charge in [0.15, 0.2) is 0 Å². The second kappa shape index (κ2) is 11.5. The molecule has 0 radical (unpaired) electrons. The molecule has 0 spiro atoms. The third kappa shape index (κ3) is 7.77. The third-order valence-electron chi connectivity index (χ3n) is 3.52. The number of nitrogens with zero attached hydrogens (tertiary/aromatic N) is 1. The molecule has 0 aromatic heterocycles. The van der Waals surface area contributed by atoms with E-state index in [1.54, 1.807) is 6.21 Å². The number of aliphatic imine (C=N–C) groups is 1. The molecule has 0 bridgehead atoms. The van der Waals surface area contributed by atoms with Gasteiger partial charge in [0.2, 0.25) is 0 Å². The van der Waals surface area contributed by atoms with Crippen LogP contribution >= 0.6 is 0 Å². The van der Waals surface area contributed by atoms with Crippen LogP contribution in [0.4, 0.5) is 5.69 Å². The van der Waals surface area contributed by atoms with Crippen molar-refractivity contribution >= 4 is 17.9 Å². The Bertz CT molecular complexity index is 736. The molecule has 2 aromatic rings. The Labute approximate surface area is 160 Å². The van der Waals surface area contributed by atoms with Gasteiger partial charge in [-0.25, -0.2) is 4.79 Å². The van der Waals surface area contributed by atoms with E-state index in [0.717, 1.165) is 41.9 Å². The standard InChI is InChI=1S/C22H25NO4/c1-3-14-25-21-12-8-19(9-13-21)23-17-18-6-10-20(11-7-18)26-15-5-16-27-22(24)4-2/h4,6-13,17H,2-3,5,14-16H2,1H3. The first-order chi connectivity index (χ1) is 13.2. The van der Waals surface area contributed by atoms with Gasteiger partial charge in [0.05, 0.1) is 25.5 Å². The zero-order chi connectivity index (χ0) is 19.3. The summed E-state index contributed by atoms with van der Waals surface area (Å²) in [6, 6.07) is 15.4. The molecule has 0 N–H and O–H groups in total. The van der Waals surface area contributed by atoms with Crippen molar-refractivity contribution < 1.29 is 19.0 Å². The van der Waals surface area contributed by atoms with Crippen molar-refractivity contribution in [3.05, 3.63) is 66.7 Å². The van der Waals surface area contributed by atoms with Gasteiger partial charge in [0, 0.05) is 18.7 Å². The molecule has 5 nitrogen and oxygen atoms in total. The molecule has 27 heavy (non-hydrogen) atoms. The van der Waals surface area contributed by atoms with E-state index in [9.17, 15) is 4.79 Å². The quantitative estimate of drug-likeness (QED) is 0.249. The number of carbonyl (C=O) groups excluding carboxylic acids is 1. The summed E-state index contributed by atoms with van der Waals surface area (Å²) in [5.41, 5.74) is 1.85. The highest BCUT2D eigenvalue weighted by atomic mass is 16.5. The Morgan fingerprint density at radius 2 is 1.59 bits per heavy atom. The molecule has 0 heterocycles. The van der Waals surface area contributed by atoms with Crippen LogP contribution < -0.4 is 9.47 Å². The van der Waals surface area contributed by atoms with E-state index in [4.69, 9.17) is 14.2 Å². The third-order valence-corrected chi connectivity index (χ3v) is 3.52. The Hall–Kier alpha value is -3.08. The van der Waals surface area contributed by atoms with Crippen molar-refractivity contribution in [2.24, 2.45) is 4.99 Å². The lowest BCUT2D eigenvalue weighted by Crippen LogP contribution is -2.06. The highest BCUT2D eigenvalue weighted by Crippen LogP contribution is 2.18. The normalized spacial score (nSPS) is 10.6. The molecule has 0 aliphatic heterocycles. The Balaban J connectivity index is 1.76. The summed E-state index contributed by atoms with van der Waals surface area (Å²) < 4.78 is 16.1. The van der Waals surface area contributed by atoms with Crippen LogP contribution in [-0.2, 0) is 9.53 Å². The van der Waals surface area contributed by atoms with Crippen molar-refractivity contribution in [1.82, 2.24) is 0 Å². The molecule has 0 amide bonds. The lowest BCUT2D eigenvalue weighted by Gasteiger charge is -2.06. The highest BCUT2D eigenvalue weighted by Gasteiger charge is 1.98. The molecule has 2 aromatic carbocycles. The molecule has 0 unspecified atom stereocenters. The van der Waals surface area contributed by atoms with Crippen LogP contribution in [0.15, 0.2) is 66.2 Å². The van der Waals surface area contributed by atoms with E-state index in [0.29, 0.717) is 19.6 Å². The van der Waals surface area contributed by atoms with Crippen LogP contribution in [0.2, 0.25) is 0 Å². The maximum Gasteiger partial charge on any atom is 0.330 e. The average Bonchev–Trinajstić information content (AvgIpc) is 2.72. The zero-order valence-corrected chi connectivity index (χ0v) is 15.6. The molecule has 0 saturated carbocycles. The number of hydrogen-bond donors (Lipinski definition) is 0. The largest absolute Gasteiger partial charge is 0.494 e. The van der Waals surface area contributed by atoms with Gasteiger partial charge in [-0.2, -0.15) is 0 Å². The summed E-state index contributed by atoms with van der Waals surface area (Å²) in [4.78, 5) is 15.4. The summed E-state index contributed by atoms with van der Waals surface area (Å²) in [7, 11) is 0. The van der Waals surface area contributed by atoms with Gasteiger partial charge in [-0.15, -0.1) is 0 Å². The lowest BCUT2D eigenvalue weighted by atomic mass is 10.2. The molecular weight excluding hydrogens is 342 g/mol. The predicted molar refractivity (Wildman–Crippen MR) is 107 cm³/mol. The lowest BCUT2D eigenvalue weighted by molar-refractivity contribution is -0.137.